The Morgan fingerprint density at radius 2 is 1.96 bits per heavy atom. The summed E-state index contributed by atoms with van der Waals surface area (Å²) in [6.45, 7) is 6.46. The second-order valence-corrected chi connectivity index (χ2v) is 7.80. The molecule has 0 aromatic heterocycles. The monoisotopic (exact) mass is 347 g/mol. The van der Waals surface area contributed by atoms with Crippen molar-refractivity contribution in [3.8, 4) is 5.75 Å². The fraction of sp³-hybridized carbons (Fsp3) is 0.579. The third-order valence-electron chi connectivity index (χ3n) is 4.74. The highest BCUT2D eigenvalue weighted by Crippen LogP contribution is 2.39. The van der Waals surface area contributed by atoms with Gasteiger partial charge in [-0.05, 0) is 58.1 Å². The Balaban J connectivity index is 1.81. The quantitative estimate of drug-likeness (QED) is 0.907. The normalized spacial score (nSPS) is 18.8. The van der Waals surface area contributed by atoms with Gasteiger partial charge in [-0.1, -0.05) is 12.1 Å². The summed E-state index contributed by atoms with van der Waals surface area (Å²) in [5, 5.41) is 9.51. The smallest absolute Gasteiger partial charge is 0.410 e. The molecular weight excluding hydrogens is 322 g/mol. The maximum Gasteiger partial charge on any atom is 0.410 e. The van der Waals surface area contributed by atoms with Gasteiger partial charge >= 0.3 is 12.1 Å². The van der Waals surface area contributed by atoms with E-state index >= 15 is 0 Å². The average molecular weight is 347 g/mol. The summed E-state index contributed by atoms with van der Waals surface area (Å²) in [5.74, 6) is -0.357. The van der Waals surface area contributed by atoms with Crippen molar-refractivity contribution >= 4 is 12.1 Å². The summed E-state index contributed by atoms with van der Waals surface area (Å²) < 4.78 is 11.4. The van der Waals surface area contributed by atoms with Crippen LogP contribution in [-0.4, -0.2) is 39.8 Å². The molecule has 25 heavy (non-hydrogen) atoms. The van der Waals surface area contributed by atoms with Crippen LogP contribution in [0.25, 0.3) is 0 Å². The van der Waals surface area contributed by atoms with Crippen molar-refractivity contribution in [3.63, 3.8) is 0 Å². The van der Waals surface area contributed by atoms with Crippen LogP contribution < -0.4 is 4.74 Å². The van der Waals surface area contributed by atoms with Crippen LogP contribution in [0.1, 0.15) is 51.2 Å². The molecule has 136 valence electrons. The Hall–Kier alpha value is -2.24. The zero-order chi connectivity index (χ0) is 18.2. The van der Waals surface area contributed by atoms with E-state index in [4.69, 9.17) is 9.47 Å². The Labute approximate surface area is 147 Å². The molecule has 1 amide bonds. The summed E-state index contributed by atoms with van der Waals surface area (Å²) in [5.41, 5.74) is 0.306. The second-order valence-electron chi connectivity index (χ2n) is 7.80. The maximum atomic E-state index is 12.4. The van der Waals surface area contributed by atoms with Gasteiger partial charge in [-0.3, -0.25) is 0 Å². The third kappa shape index (κ3) is 3.57. The molecule has 0 radical (unpaired) electrons. The fourth-order valence-corrected chi connectivity index (χ4v) is 3.20. The van der Waals surface area contributed by atoms with E-state index in [1.54, 1.807) is 11.0 Å². The van der Waals surface area contributed by atoms with Gasteiger partial charge in [-0.2, -0.15) is 0 Å². The molecule has 1 saturated carbocycles. The maximum absolute atomic E-state index is 12.4. The largest absolute Gasteiger partial charge is 0.478 e. The second kappa shape index (κ2) is 6.24. The zero-order valence-electron chi connectivity index (χ0n) is 15.0. The molecule has 0 spiro atoms. The highest BCUT2D eigenvalue weighted by molar-refractivity contribution is 5.79. The Bertz CT molecular complexity index is 688. The van der Waals surface area contributed by atoms with Crippen LogP contribution in [0.3, 0.4) is 0 Å². The summed E-state index contributed by atoms with van der Waals surface area (Å²) in [6.07, 6.45) is 2.23. The van der Waals surface area contributed by atoms with Gasteiger partial charge < -0.3 is 19.5 Å². The predicted molar refractivity (Wildman–Crippen MR) is 91.6 cm³/mol. The van der Waals surface area contributed by atoms with E-state index in [1.165, 1.54) is 0 Å². The topological polar surface area (TPSA) is 76.1 Å². The van der Waals surface area contributed by atoms with Gasteiger partial charge in [0.2, 0.25) is 5.60 Å². The number of nitrogens with zero attached hydrogens (tertiary/aromatic N) is 1. The first-order chi connectivity index (χ1) is 11.7. The van der Waals surface area contributed by atoms with Crippen LogP contribution in [0.4, 0.5) is 4.79 Å². The number of benzene rings is 1. The standard InChI is InChI=1S/C19H25NO5/c1-18(2,3)25-17(23)20-11-8-13-6-4-7-15(14(13)12-20)24-19(16(21)22)9-5-10-19/h4,6-7H,5,8-12H2,1-3H3,(H,21,22). The molecule has 1 aliphatic heterocycles. The molecule has 2 aliphatic rings. The van der Waals surface area contributed by atoms with Crippen molar-refractivity contribution in [1.82, 2.24) is 4.90 Å². The number of hydrogen-bond donors (Lipinski definition) is 1. The molecule has 0 bridgehead atoms. The summed E-state index contributed by atoms with van der Waals surface area (Å²) in [7, 11) is 0. The lowest BCUT2D eigenvalue weighted by Crippen LogP contribution is -2.50. The molecule has 1 heterocycles. The first-order valence-electron chi connectivity index (χ1n) is 8.71. The molecule has 1 fully saturated rings. The van der Waals surface area contributed by atoms with Crippen LogP contribution in [0.2, 0.25) is 0 Å². The minimum atomic E-state index is -1.12. The Kier molecular flexibility index (Phi) is 4.39. The first-order valence-corrected chi connectivity index (χ1v) is 8.71. The molecule has 6 nitrogen and oxygen atoms in total. The van der Waals surface area contributed by atoms with Gasteiger partial charge in [0.15, 0.2) is 0 Å². The molecule has 1 N–H and O–H groups in total. The van der Waals surface area contributed by atoms with Crippen LogP contribution >= 0.6 is 0 Å². The number of hydrogen-bond acceptors (Lipinski definition) is 4. The third-order valence-corrected chi connectivity index (χ3v) is 4.74. The van der Waals surface area contributed by atoms with E-state index in [0.29, 0.717) is 38.1 Å². The van der Waals surface area contributed by atoms with E-state index in [9.17, 15) is 14.7 Å². The molecule has 0 unspecified atom stereocenters. The lowest BCUT2D eigenvalue weighted by Gasteiger charge is -2.39. The number of fused-ring (bicyclic) bond motifs is 1. The fourth-order valence-electron chi connectivity index (χ4n) is 3.20. The van der Waals surface area contributed by atoms with Crippen molar-refractivity contribution in [2.75, 3.05) is 6.54 Å². The number of ether oxygens (including phenoxy) is 2. The molecule has 1 aromatic carbocycles. The molecule has 1 aromatic rings. The minimum Gasteiger partial charge on any atom is -0.478 e. The van der Waals surface area contributed by atoms with Crippen molar-refractivity contribution < 1.29 is 24.2 Å². The predicted octanol–water partition coefficient (Wildman–Crippen LogP) is 3.37. The van der Waals surface area contributed by atoms with Gasteiger partial charge in [0.1, 0.15) is 11.4 Å². The van der Waals surface area contributed by atoms with Crippen molar-refractivity contribution in [2.24, 2.45) is 0 Å². The Morgan fingerprint density at radius 1 is 1.24 bits per heavy atom. The van der Waals surface area contributed by atoms with Crippen LogP contribution in [0.5, 0.6) is 5.75 Å². The number of rotatable bonds is 3. The van der Waals surface area contributed by atoms with E-state index in [-0.39, 0.29) is 6.09 Å². The van der Waals surface area contributed by atoms with Crippen LogP contribution in [0, 0.1) is 0 Å². The van der Waals surface area contributed by atoms with Gasteiger partial charge in [-0.15, -0.1) is 0 Å². The lowest BCUT2D eigenvalue weighted by molar-refractivity contribution is -0.163. The van der Waals surface area contributed by atoms with Crippen molar-refractivity contribution in [1.29, 1.82) is 0 Å². The number of carboxylic acid groups (broad SMARTS) is 1. The zero-order valence-corrected chi connectivity index (χ0v) is 15.0. The SMILES string of the molecule is CC(C)(C)OC(=O)N1CCc2cccc(OC3(C(=O)O)CCC3)c2C1. The lowest BCUT2D eigenvalue weighted by atomic mass is 9.80. The highest BCUT2D eigenvalue weighted by atomic mass is 16.6. The molecule has 6 heteroatoms. The average Bonchev–Trinajstić information content (AvgIpc) is 2.48. The van der Waals surface area contributed by atoms with E-state index < -0.39 is 17.2 Å². The number of carbonyl (C=O) groups excluding carboxylic acids is 1. The van der Waals surface area contributed by atoms with Gasteiger partial charge in [0.05, 0.1) is 6.54 Å². The number of carbonyl (C=O) groups is 2. The summed E-state index contributed by atoms with van der Waals surface area (Å²) in [6, 6.07) is 5.68. The molecule has 3 rings (SSSR count). The van der Waals surface area contributed by atoms with Gasteiger partial charge in [0.25, 0.3) is 0 Å². The van der Waals surface area contributed by atoms with Crippen molar-refractivity contribution in [2.45, 2.75) is 64.2 Å². The first kappa shape index (κ1) is 17.6. The van der Waals surface area contributed by atoms with Crippen LogP contribution in [-0.2, 0) is 22.5 Å². The van der Waals surface area contributed by atoms with E-state index in [2.05, 4.69) is 0 Å². The number of amides is 1. The van der Waals surface area contributed by atoms with Crippen molar-refractivity contribution in [3.05, 3.63) is 29.3 Å². The minimum absolute atomic E-state index is 0.357. The molecule has 0 atom stereocenters. The van der Waals surface area contributed by atoms with Crippen LogP contribution in [0.15, 0.2) is 18.2 Å². The number of carboxylic acids is 1. The molecule has 0 saturated heterocycles. The highest BCUT2D eigenvalue weighted by Gasteiger charge is 2.47. The van der Waals surface area contributed by atoms with Gasteiger partial charge in [0, 0.05) is 12.1 Å². The van der Waals surface area contributed by atoms with Gasteiger partial charge in [-0.25, -0.2) is 9.59 Å². The summed E-state index contributed by atoms with van der Waals surface area (Å²) >= 11 is 0. The number of aliphatic carboxylic acids is 1. The van der Waals surface area contributed by atoms with E-state index in [0.717, 1.165) is 17.5 Å². The molecular formula is C19H25NO5. The molecule has 1 aliphatic carbocycles. The summed E-state index contributed by atoms with van der Waals surface area (Å²) in [4.78, 5) is 25.6. The Morgan fingerprint density at radius 3 is 2.52 bits per heavy atom. The van der Waals surface area contributed by atoms with E-state index in [1.807, 2.05) is 32.9 Å².